The zero-order valence-electron chi connectivity index (χ0n) is 13.6. The first-order valence-corrected chi connectivity index (χ1v) is 8.78. The lowest BCUT2D eigenvalue weighted by Crippen LogP contribution is -2.15. The Kier molecular flexibility index (Phi) is 6.53. The van der Waals surface area contributed by atoms with E-state index in [1.165, 1.54) is 30.0 Å². The highest BCUT2D eigenvalue weighted by molar-refractivity contribution is 7.98. The van der Waals surface area contributed by atoms with E-state index in [2.05, 4.69) is 16.9 Å². The minimum atomic E-state index is -0.506. The third kappa shape index (κ3) is 4.22. The average Bonchev–Trinajstić information content (AvgIpc) is 2.58. The highest BCUT2D eigenvalue weighted by Crippen LogP contribution is 2.26. The van der Waals surface area contributed by atoms with Crippen molar-refractivity contribution >= 4 is 11.8 Å². The summed E-state index contributed by atoms with van der Waals surface area (Å²) in [4.78, 5) is 18.9. The number of nitrogens with zero attached hydrogens (tertiary/aromatic N) is 2. The maximum Gasteiger partial charge on any atom is 0.270 e. The first-order chi connectivity index (χ1) is 11.6. The Morgan fingerprint density at radius 2 is 2.25 bits per heavy atom. The minimum Gasteiger partial charge on any atom is -0.377 e. The molecule has 0 atom stereocenters. The second-order valence-corrected chi connectivity index (χ2v) is 5.91. The van der Waals surface area contributed by atoms with Crippen LogP contribution < -0.4 is 5.56 Å². The first-order valence-electron chi connectivity index (χ1n) is 7.55. The first kappa shape index (κ1) is 18.2. The molecule has 1 heterocycles. The number of ether oxygens (including phenoxy) is 1. The van der Waals surface area contributed by atoms with Crippen LogP contribution in [0.15, 0.2) is 28.2 Å². The van der Waals surface area contributed by atoms with Gasteiger partial charge in [-0.25, -0.2) is 9.37 Å². The average molecular weight is 347 g/mol. The van der Waals surface area contributed by atoms with E-state index in [0.717, 1.165) is 12.8 Å². The topological polar surface area (TPSA) is 78.8 Å². The van der Waals surface area contributed by atoms with Gasteiger partial charge in [-0.15, -0.1) is 0 Å². The third-order valence-electron chi connectivity index (χ3n) is 3.43. The Morgan fingerprint density at radius 1 is 1.46 bits per heavy atom. The molecule has 0 saturated heterocycles. The summed E-state index contributed by atoms with van der Waals surface area (Å²) in [6.07, 6.45) is 3.68. The molecule has 0 radical (unpaired) electrons. The van der Waals surface area contributed by atoms with Gasteiger partial charge < -0.3 is 9.72 Å². The number of H-pyrrole nitrogens is 1. The molecule has 0 bridgehead atoms. The summed E-state index contributed by atoms with van der Waals surface area (Å²) >= 11 is 1.26. The van der Waals surface area contributed by atoms with E-state index in [4.69, 9.17) is 4.74 Å². The van der Waals surface area contributed by atoms with E-state index in [0.29, 0.717) is 22.9 Å². The standard InChI is InChI=1S/C17H18FN3O2S/c1-3-4-7-23-10-11-8-12(18)5-6-13(11)15-14(9-19)16(22)21-17(20-15)24-2/h5-6,8H,3-4,7,10H2,1-2H3,(H,20,21,22). The summed E-state index contributed by atoms with van der Waals surface area (Å²) in [6.45, 7) is 2.82. The number of benzene rings is 1. The molecule has 126 valence electrons. The summed E-state index contributed by atoms with van der Waals surface area (Å²) in [6, 6.07) is 6.05. The van der Waals surface area contributed by atoms with E-state index in [9.17, 15) is 14.4 Å². The fourth-order valence-corrected chi connectivity index (χ4v) is 2.57. The number of hydrogen-bond donors (Lipinski definition) is 1. The normalized spacial score (nSPS) is 10.6. The van der Waals surface area contributed by atoms with Crippen LogP contribution in [0.2, 0.25) is 0 Å². The van der Waals surface area contributed by atoms with Crippen molar-refractivity contribution in [2.75, 3.05) is 12.9 Å². The van der Waals surface area contributed by atoms with Crippen LogP contribution >= 0.6 is 11.8 Å². The molecule has 2 aromatic rings. The second-order valence-electron chi connectivity index (χ2n) is 5.12. The molecule has 2 rings (SSSR count). The van der Waals surface area contributed by atoms with E-state index in [1.54, 1.807) is 6.26 Å². The largest absolute Gasteiger partial charge is 0.377 e. The highest BCUT2D eigenvalue weighted by Gasteiger charge is 2.17. The third-order valence-corrected chi connectivity index (χ3v) is 4.01. The lowest BCUT2D eigenvalue weighted by atomic mass is 10.0. The Morgan fingerprint density at radius 3 is 2.92 bits per heavy atom. The molecule has 0 aliphatic rings. The maximum absolute atomic E-state index is 13.6. The van der Waals surface area contributed by atoms with Crippen LogP contribution in [0.1, 0.15) is 30.9 Å². The molecule has 24 heavy (non-hydrogen) atoms. The SMILES string of the molecule is CCCCOCc1cc(F)ccc1-c1nc(SC)[nH]c(=O)c1C#N. The highest BCUT2D eigenvalue weighted by atomic mass is 32.2. The minimum absolute atomic E-state index is 0.0887. The number of aromatic amines is 1. The zero-order valence-corrected chi connectivity index (χ0v) is 14.4. The predicted molar refractivity (Wildman–Crippen MR) is 91.3 cm³/mol. The van der Waals surface area contributed by atoms with E-state index in [1.807, 2.05) is 6.07 Å². The molecule has 0 unspecified atom stereocenters. The van der Waals surface area contributed by atoms with Crippen molar-refractivity contribution in [3.8, 4) is 17.3 Å². The molecule has 0 saturated carbocycles. The smallest absolute Gasteiger partial charge is 0.270 e. The van der Waals surface area contributed by atoms with E-state index >= 15 is 0 Å². The van der Waals surface area contributed by atoms with Gasteiger partial charge in [0.2, 0.25) is 0 Å². The van der Waals surface area contributed by atoms with Gasteiger partial charge in [0.25, 0.3) is 5.56 Å². The van der Waals surface area contributed by atoms with Crippen LogP contribution in [0, 0.1) is 17.1 Å². The van der Waals surface area contributed by atoms with Crippen molar-refractivity contribution in [2.45, 2.75) is 31.5 Å². The number of unbranched alkanes of at least 4 members (excludes halogenated alkanes) is 1. The van der Waals surface area contributed by atoms with Crippen LogP contribution in [0.25, 0.3) is 11.3 Å². The Labute approximate surface area is 143 Å². The summed E-state index contributed by atoms with van der Waals surface area (Å²) in [5, 5.41) is 9.69. The number of hydrogen-bond acceptors (Lipinski definition) is 5. The number of nitrogens with one attached hydrogen (secondary N) is 1. The Balaban J connectivity index is 2.50. The molecule has 0 aliphatic heterocycles. The van der Waals surface area contributed by atoms with Crippen molar-refractivity contribution in [2.24, 2.45) is 0 Å². The molecule has 1 aromatic carbocycles. The van der Waals surface area contributed by atoms with Crippen LogP contribution in [-0.4, -0.2) is 22.8 Å². The van der Waals surface area contributed by atoms with E-state index in [-0.39, 0.29) is 17.9 Å². The number of thioether (sulfide) groups is 1. The molecule has 1 N–H and O–H groups in total. The lowest BCUT2D eigenvalue weighted by Gasteiger charge is -2.12. The molecule has 0 aliphatic carbocycles. The van der Waals surface area contributed by atoms with Crippen molar-refractivity contribution in [3.63, 3.8) is 0 Å². The Bertz CT molecular complexity index is 814. The van der Waals surface area contributed by atoms with Crippen LogP contribution in [0.3, 0.4) is 0 Å². The zero-order chi connectivity index (χ0) is 17.5. The fraction of sp³-hybridized carbons (Fsp3) is 0.353. The van der Waals surface area contributed by atoms with Gasteiger partial charge in [0.1, 0.15) is 17.4 Å². The molecule has 0 amide bonds. The summed E-state index contributed by atoms with van der Waals surface area (Å²) in [5.41, 5.74) is 0.751. The van der Waals surface area contributed by atoms with Gasteiger partial charge in [-0.3, -0.25) is 4.79 Å². The van der Waals surface area contributed by atoms with Gasteiger partial charge >= 0.3 is 0 Å². The molecule has 5 nitrogen and oxygen atoms in total. The van der Waals surface area contributed by atoms with Crippen molar-refractivity contribution in [1.29, 1.82) is 5.26 Å². The predicted octanol–water partition coefficient (Wildman–Crippen LogP) is 3.49. The maximum atomic E-state index is 13.6. The number of aromatic nitrogens is 2. The molecule has 7 heteroatoms. The van der Waals surface area contributed by atoms with Gasteiger partial charge in [0.15, 0.2) is 5.16 Å². The number of nitriles is 1. The Hall–Kier alpha value is -2.17. The number of halogens is 1. The van der Waals surface area contributed by atoms with Gasteiger partial charge in [-0.1, -0.05) is 25.1 Å². The second kappa shape index (κ2) is 8.62. The van der Waals surface area contributed by atoms with Crippen molar-refractivity contribution < 1.29 is 9.13 Å². The van der Waals surface area contributed by atoms with Crippen LogP contribution in [0.5, 0.6) is 0 Å². The van der Waals surface area contributed by atoms with E-state index < -0.39 is 11.4 Å². The fourth-order valence-electron chi connectivity index (χ4n) is 2.19. The molecular weight excluding hydrogens is 329 g/mol. The van der Waals surface area contributed by atoms with Gasteiger partial charge in [-0.2, -0.15) is 5.26 Å². The summed E-state index contributed by atoms with van der Waals surface area (Å²) in [7, 11) is 0. The molecular formula is C17H18FN3O2S. The molecule has 0 fully saturated rings. The molecule has 0 spiro atoms. The van der Waals surface area contributed by atoms with Gasteiger partial charge in [-0.05, 0) is 36.4 Å². The number of rotatable bonds is 7. The monoisotopic (exact) mass is 347 g/mol. The van der Waals surface area contributed by atoms with Crippen molar-refractivity contribution in [3.05, 3.63) is 45.5 Å². The summed E-state index contributed by atoms with van der Waals surface area (Å²) in [5.74, 6) is -0.402. The quantitative estimate of drug-likeness (QED) is 0.471. The molecule has 1 aromatic heterocycles. The van der Waals surface area contributed by atoms with Gasteiger partial charge in [0, 0.05) is 12.2 Å². The van der Waals surface area contributed by atoms with Crippen LogP contribution in [0.4, 0.5) is 4.39 Å². The van der Waals surface area contributed by atoms with Crippen LogP contribution in [-0.2, 0) is 11.3 Å². The van der Waals surface area contributed by atoms with Crippen molar-refractivity contribution in [1.82, 2.24) is 9.97 Å². The summed E-state index contributed by atoms with van der Waals surface area (Å²) < 4.78 is 19.2. The van der Waals surface area contributed by atoms with Gasteiger partial charge in [0.05, 0.1) is 12.3 Å². The lowest BCUT2D eigenvalue weighted by molar-refractivity contribution is 0.118.